The average molecular weight is 329 g/mol. The van der Waals surface area contributed by atoms with Crippen LogP contribution < -0.4 is 5.32 Å². The number of β-amino-alcohol motifs (C(OH)–C–C–N with tert-alkyl or cyclic N) is 1. The number of pyridine rings is 1. The zero-order chi connectivity index (χ0) is 16.9. The number of benzene rings is 1. The first-order valence-corrected chi connectivity index (χ1v) is 8.42. The molecule has 2 atom stereocenters. The molecule has 2 N–H and O–H groups in total. The van der Waals surface area contributed by atoms with Crippen LogP contribution in [0.2, 0.25) is 0 Å². The molecule has 2 aromatic rings. The van der Waals surface area contributed by atoms with Crippen LogP contribution in [-0.4, -0.2) is 41.2 Å². The summed E-state index contributed by atoms with van der Waals surface area (Å²) >= 11 is 0. The van der Waals surface area contributed by atoms with E-state index < -0.39 is 6.10 Å². The Morgan fingerprint density at radius 2 is 2.21 bits per heavy atom. The molecule has 0 bridgehead atoms. The lowest BCUT2D eigenvalue weighted by atomic mass is 9.87. The van der Waals surface area contributed by atoms with Crippen LogP contribution in [0.25, 0.3) is 0 Å². The van der Waals surface area contributed by atoms with Crippen molar-refractivity contribution in [3.8, 4) is 0 Å². The minimum atomic E-state index is -0.392. The highest BCUT2D eigenvalue weighted by Crippen LogP contribution is 2.24. The highest BCUT2D eigenvalue weighted by Gasteiger charge is 2.28. The summed E-state index contributed by atoms with van der Waals surface area (Å²) < 4.78 is 13.3. The molecule has 0 amide bonds. The van der Waals surface area contributed by atoms with Crippen molar-refractivity contribution >= 4 is 5.82 Å². The van der Waals surface area contributed by atoms with Gasteiger partial charge in [0.15, 0.2) is 0 Å². The van der Waals surface area contributed by atoms with Gasteiger partial charge in [-0.25, -0.2) is 9.37 Å². The molecule has 0 unspecified atom stereocenters. The zero-order valence-electron chi connectivity index (χ0n) is 14.0. The molecule has 0 radical (unpaired) electrons. The Balaban J connectivity index is 1.59. The summed E-state index contributed by atoms with van der Waals surface area (Å²) in [7, 11) is 1.87. The summed E-state index contributed by atoms with van der Waals surface area (Å²) in [5, 5.41) is 13.6. The van der Waals surface area contributed by atoms with Crippen molar-refractivity contribution < 1.29 is 9.50 Å². The Kier molecular flexibility index (Phi) is 5.43. The van der Waals surface area contributed by atoms with Crippen LogP contribution in [0, 0.1) is 11.7 Å². The van der Waals surface area contributed by atoms with E-state index in [4.69, 9.17) is 0 Å². The quantitative estimate of drug-likeness (QED) is 0.885. The molecule has 1 aliphatic rings. The molecular formula is C19H24FN3O. The van der Waals surface area contributed by atoms with Gasteiger partial charge in [0.05, 0.1) is 6.10 Å². The maximum atomic E-state index is 13.3. The lowest BCUT2D eigenvalue weighted by Crippen LogP contribution is -2.44. The highest BCUT2D eigenvalue weighted by molar-refractivity contribution is 5.42. The molecule has 1 aromatic heterocycles. The molecule has 24 heavy (non-hydrogen) atoms. The number of likely N-dealkylation sites (tertiary alicyclic amines) is 1. The Morgan fingerprint density at radius 3 is 2.96 bits per heavy atom. The van der Waals surface area contributed by atoms with Gasteiger partial charge in [0.1, 0.15) is 11.6 Å². The average Bonchev–Trinajstić information content (AvgIpc) is 2.58. The van der Waals surface area contributed by atoms with Gasteiger partial charge in [-0.2, -0.15) is 0 Å². The second-order valence-corrected chi connectivity index (χ2v) is 6.45. The SMILES string of the molecule is CNc1ncccc1CN1CC[C@H](Cc2cccc(F)c2)[C@@H](O)C1. The van der Waals surface area contributed by atoms with Crippen molar-refractivity contribution in [2.45, 2.75) is 25.5 Å². The maximum absolute atomic E-state index is 13.3. The van der Waals surface area contributed by atoms with E-state index >= 15 is 0 Å². The summed E-state index contributed by atoms with van der Waals surface area (Å²) in [6, 6.07) is 10.7. The van der Waals surface area contributed by atoms with Gasteiger partial charge < -0.3 is 10.4 Å². The van der Waals surface area contributed by atoms with Gasteiger partial charge in [-0.15, -0.1) is 0 Å². The number of aliphatic hydroxyl groups excluding tert-OH is 1. The van der Waals surface area contributed by atoms with E-state index in [0.29, 0.717) is 6.54 Å². The predicted molar refractivity (Wildman–Crippen MR) is 93.3 cm³/mol. The van der Waals surface area contributed by atoms with Crippen LogP contribution in [0.4, 0.5) is 10.2 Å². The van der Waals surface area contributed by atoms with E-state index in [9.17, 15) is 9.50 Å². The number of hydrogen-bond donors (Lipinski definition) is 2. The molecule has 2 heterocycles. The second-order valence-electron chi connectivity index (χ2n) is 6.45. The Bertz CT molecular complexity index is 679. The summed E-state index contributed by atoms with van der Waals surface area (Å²) in [6.07, 6.45) is 3.01. The summed E-state index contributed by atoms with van der Waals surface area (Å²) in [5.41, 5.74) is 2.09. The lowest BCUT2D eigenvalue weighted by Gasteiger charge is -2.36. The first-order chi connectivity index (χ1) is 11.7. The van der Waals surface area contributed by atoms with Crippen molar-refractivity contribution in [1.82, 2.24) is 9.88 Å². The first kappa shape index (κ1) is 16.9. The van der Waals surface area contributed by atoms with E-state index in [1.807, 2.05) is 19.2 Å². The lowest BCUT2D eigenvalue weighted by molar-refractivity contribution is 0.0188. The molecule has 1 aromatic carbocycles. The smallest absolute Gasteiger partial charge is 0.130 e. The number of aliphatic hydroxyl groups is 1. The van der Waals surface area contributed by atoms with Gasteiger partial charge in [0.25, 0.3) is 0 Å². The molecule has 0 aliphatic carbocycles. The summed E-state index contributed by atoms with van der Waals surface area (Å²) in [6.45, 7) is 2.33. The van der Waals surface area contributed by atoms with E-state index in [1.165, 1.54) is 6.07 Å². The Labute approximate surface area is 142 Å². The van der Waals surface area contributed by atoms with E-state index in [-0.39, 0.29) is 11.7 Å². The largest absolute Gasteiger partial charge is 0.391 e. The Morgan fingerprint density at radius 1 is 1.33 bits per heavy atom. The monoisotopic (exact) mass is 329 g/mol. The van der Waals surface area contributed by atoms with Crippen molar-refractivity contribution in [1.29, 1.82) is 0 Å². The second kappa shape index (κ2) is 7.73. The molecule has 1 saturated heterocycles. The Hall–Kier alpha value is -1.98. The normalized spacial score (nSPS) is 21.6. The van der Waals surface area contributed by atoms with Crippen LogP contribution >= 0.6 is 0 Å². The van der Waals surface area contributed by atoms with Crippen molar-refractivity contribution in [3.05, 3.63) is 59.5 Å². The third-order valence-corrected chi connectivity index (χ3v) is 4.71. The predicted octanol–water partition coefficient (Wildman–Crippen LogP) is 2.69. The number of halogens is 1. The van der Waals surface area contributed by atoms with E-state index in [0.717, 1.165) is 42.9 Å². The molecule has 0 spiro atoms. The van der Waals surface area contributed by atoms with Crippen LogP contribution in [0.3, 0.4) is 0 Å². The first-order valence-electron chi connectivity index (χ1n) is 8.42. The van der Waals surface area contributed by atoms with Gasteiger partial charge in [0.2, 0.25) is 0 Å². The standard InChI is InChI=1S/C19H24FN3O/c1-21-19-16(5-3-8-22-19)12-23-9-7-15(18(24)13-23)10-14-4-2-6-17(20)11-14/h2-6,8,11,15,18,24H,7,9-10,12-13H2,1H3,(H,21,22)/t15-,18+/m1/s1. The number of rotatable bonds is 5. The van der Waals surface area contributed by atoms with Gasteiger partial charge >= 0.3 is 0 Å². The number of hydrogen-bond acceptors (Lipinski definition) is 4. The van der Waals surface area contributed by atoms with Crippen LogP contribution in [0.1, 0.15) is 17.5 Å². The van der Waals surface area contributed by atoms with E-state index in [1.54, 1.807) is 18.3 Å². The fourth-order valence-electron chi connectivity index (χ4n) is 3.43. The van der Waals surface area contributed by atoms with Crippen molar-refractivity contribution in [2.75, 3.05) is 25.5 Å². The third kappa shape index (κ3) is 4.10. The van der Waals surface area contributed by atoms with Gasteiger partial charge in [0, 0.05) is 31.9 Å². The molecule has 1 aliphatic heterocycles. The summed E-state index contributed by atoms with van der Waals surface area (Å²) in [5.74, 6) is 0.852. The molecule has 4 nitrogen and oxygen atoms in total. The third-order valence-electron chi connectivity index (χ3n) is 4.71. The number of nitrogens with one attached hydrogen (secondary N) is 1. The molecule has 1 fully saturated rings. The molecule has 0 saturated carbocycles. The van der Waals surface area contributed by atoms with Crippen LogP contribution in [0.15, 0.2) is 42.6 Å². The van der Waals surface area contributed by atoms with Gasteiger partial charge in [-0.3, -0.25) is 4.90 Å². The van der Waals surface area contributed by atoms with E-state index in [2.05, 4.69) is 21.3 Å². The maximum Gasteiger partial charge on any atom is 0.130 e. The zero-order valence-corrected chi connectivity index (χ0v) is 14.0. The number of piperidine rings is 1. The molecule has 128 valence electrons. The molecule has 5 heteroatoms. The highest BCUT2D eigenvalue weighted by atomic mass is 19.1. The minimum absolute atomic E-state index is 0.181. The van der Waals surface area contributed by atoms with Crippen molar-refractivity contribution in [3.63, 3.8) is 0 Å². The van der Waals surface area contributed by atoms with Gasteiger partial charge in [-0.05, 0) is 49.1 Å². The number of aromatic nitrogens is 1. The topological polar surface area (TPSA) is 48.4 Å². The van der Waals surface area contributed by atoms with Crippen LogP contribution in [-0.2, 0) is 13.0 Å². The number of anilines is 1. The van der Waals surface area contributed by atoms with Crippen LogP contribution in [0.5, 0.6) is 0 Å². The summed E-state index contributed by atoms with van der Waals surface area (Å²) in [4.78, 5) is 6.58. The molecule has 3 rings (SSSR count). The number of nitrogens with zero attached hydrogens (tertiary/aromatic N) is 2. The van der Waals surface area contributed by atoms with Gasteiger partial charge in [-0.1, -0.05) is 18.2 Å². The fourth-order valence-corrected chi connectivity index (χ4v) is 3.43. The fraction of sp³-hybridized carbons (Fsp3) is 0.421. The minimum Gasteiger partial charge on any atom is -0.391 e. The van der Waals surface area contributed by atoms with Crippen molar-refractivity contribution in [2.24, 2.45) is 5.92 Å². The molecular weight excluding hydrogens is 305 g/mol.